The van der Waals surface area contributed by atoms with E-state index in [4.69, 9.17) is 0 Å². The fourth-order valence-corrected chi connectivity index (χ4v) is 1.95. The lowest BCUT2D eigenvalue weighted by molar-refractivity contribution is 1.48. The normalized spacial score (nSPS) is 11.2. The Balaban J connectivity index is 2.60. The Morgan fingerprint density at radius 3 is 2.20 bits per heavy atom. The molecule has 0 amide bonds. The zero-order valence-electron chi connectivity index (χ0n) is 8.38. The monoisotopic (exact) mass is 193 g/mol. The van der Waals surface area contributed by atoms with E-state index in [1.807, 2.05) is 6.20 Å². The highest BCUT2D eigenvalue weighted by atomic mass is 14.7. The molecular weight excluding hydrogens is 182 g/mol. The molecule has 0 radical (unpaired) electrons. The van der Waals surface area contributed by atoms with Crippen LogP contribution in [0.1, 0.15) is 0 Å². The van der Waals surface area contributed by atoms with Gasteiger partial charge in [0.05, 0.1) is 0 Å². The molecular formula is C14H11N. The molecule has 0 fully saturated rings. The molecule has 0 saturated carbocycles. The third kappa shape index (κ3) is 1.17. The van der Waals surface area contributed by atoms with Crippen LogP contribution in [0, 0.1) is 0 Å². The minimum atomic E-state index is 0.994. The summed E-state index contributed by atoms with van der Waals surface area (Å²) in [5, 5.41) is 5.66. The first-order chi connectivity index (χ1) is 7.24. The van der Waals surface area contributed by atoms with Crippen LogP contribution in [0.25, 0.3) is 34.8 Å². The van der Waals surface area contributed by atoms with Crippen LogP contribution in [0.3, 0.4) is 0 Å². The summed E-state index contributed by atoms with van der Waals surface area (Å²) in [6.07, 6.45) is 1.96. The van der Waals surface area contributed by atoms with Crippen LogP contribution >= 0.6 is 0 Å². The van der Waals surface area contributed by atoms with Crippen molar-refractivity contribution in [1.29, 1.82) is 0 Å². The molecule has 1 nitrogen and oxygen atoms in total. The Hall–Kier alpha value is -2.02. The van der Waals surface area contributed by atoms with Gasteiger partial charge in [0.25, 0.3) is 0 Å². The van der Waals surface area contributed by atoms with Crippen LogP contribution in [0.15, 0.2) is 36.5 Å². The molecule has 0 aliphatic heterocycles. The molecule has 1 N–H and O–H groups in total. The van der Waals surface area contributed by atoms with Crippen molar-refractivity contribution in [3.63, 3.8) is 0 Å². The van der Waals surface area contributed by atoms with Crippen molar-refractivity contribution < 1.29 is 0 Å². The van der Waals surface area contributed by atoms with E-state index < -0.39 is 0 Å². The lowest BCUT2D eigenvalue weighted by atomic mass is 10.1. The maximum Gasteiger partial charge on any atom is 0.0460 e. The second-order valence-corrected chi connectivity index (χ2v) is 3.89. The summed E-state index contributed by atoms with van der Waals surface area (Å²) < 4.78 is 0. The molecule has 0 aliphatic carbocycles. The summed E-state index contributed by atoms with van der Waals surface area (Å²) in [4.78, 5) is 3.21. The van der Waals surface area contributed by atoms with Gasteiger partial charge in [0.2, 0.25) is 0 Å². The molecule has 1 heterocycles. The van der Waals surface area contributed by atoms with E-state index in [-0.39, 0.29) is 0 Å². The zero-order chi connectivity index (χ0) is 10.4. The number of fused-ring (bicyclic) bond motifs is 2. The van der Waals surface area contributed by atoms with Crippen LogP contribution < -0.4 is 10.4 Å². The molecule has 0 unspecified atom stereocenters. The van der Waals surface area contributed by atoms with Gasteiger partial charge in [-0.15, -0.1) is 0 Å². The fraction of sp³-hybridized carbons (Fsp3) is 0. The van der Waals surface area contributed by atoms with Gasteiger partial charge < -0.3 is 4.98 Å². The minimum Gasteiger partial charge on any atom is -0.361 e. The number of aromatic amines is 1. The summed E-state index contributed by atoms with van der Waals surface area (Å²) in [5.41, 5.74) is 1.17. The molecule has 2 aromatic carbocycles. The molecule has 0 saturated heterocycles. The lowest BCUT2D eigenvalue weighted by Gasteiger charge is -1.99. The maximum atomic E-state index is 3.97. The predicted molar refractivity (Wildman–Crippen MR) is 66.1 cm³/mol. The largest absolute Gasteiger partial charge is 0.361 e. The van der Waals surface area contributed by atoms with E-state index in [0.717, 1.165) is 10.4 Å². The molecule has 0 aliphatic rings. The number of benzene rings is 2. The number of hydrogen-bond acceptors (Lipinski definition) is 0. The van der Waals surface area contributed by atoms with Crippen molar-refractivity contribution >= 4 is 34.8 Å². The molecule has 3 aromatic rings. The van der Waals surface area contributed by atoms with E-state index >= 15 is 0 Å². The third-order valence-corrected chi connectivity index (χ3v) is 2.83. The Morgan fingerprint density at radius 2 is 1.47 bits per heavy atom. The van der Waals surface area contributed by atoms with E-state index in [0.29, 0.717) is 0 Å². The molecule has 15 heavy (non-hydrogen) atoms. The Kier molecular flexibility index (Phi) is 1.51. The third-order valence-electron chi connectivity index (χ3n) is 2.83. The van der Waals surface area contributed by atoms with Crippen LogP contribution in [-0.4, -0.2) is 4.98 Å². The van der Waals surface area contributed by atoms with Crippen molar-refractivity contribution in [1.82, 2.24) is 4.98 Å². The standard InChI is InChI=1S/C14H11N/c1-9-5-12-7-11-3-4-15-14(11)8-13(12)6-10(9)2/h3-8,15H,1-2H2. The average molecular weight is 193 g/mol. The number of hydrogen-bond donors (Lipinski definition) is 1. The van der Waals surface area contributed by atoms with Gasteiger partial charge in [-0.1, -0.05) is 13.2 Å². The molecule has 0 atom stereocenters. The zero-order valence-corrected chi connectivity index (χ0v) is 8.38. The van der Waals surface area contributed by atoms with E-state index in [1.165, 1.54) is 21.7 Å². The number of aromatic nitrogens is 1. The highest BCUT2D eigenvalue weighted by Gasteiger charge is 1.98. The minimum absolute atomic E-state index is 0.994. The van der Waals surface area contributed by atoms with Crippen LogP contribution in [-0.2, 0) is 0 Å². The van der Waals surface area contributed by atoms with Crippen molar-refractivity contribution in [3.8, 4) is 0 Å². The van der Waals surface area contributed by atoms with Gasteiger partial charge in [-0.3, -0.25) is 0 Å². The Bertz CT molecular complexity index is 686. The van der Waals surface area contributed by atoms with Crippen molar-refractivity contribution in [3.05, 3.63) is 47.0 Å². The van der Waals surface area contributed by atoms with Gasteiger partial charge in [0, 0.05) is 11.7 Å². The highest BCUT2D eigenvalue weighted by molar-refractivity contribution is 5.96. The first-order valence-electron chi connectivity index (χ1n) is 4.93. The second kappa shape index (κ2) is 2.74. The smallest absolute Gasteiger partial charge is 0.0460 e. The second-order valence-electron chi connectivity index (χ2n) is 3.89. The number of nitrogens with one attached hydrogen (secondary N) is 1. The maximum absolute atomic E-state index is 3.97. The molecule has 1 aromatic heterocycles. The summed E-state index contributed by atoms with van der Waals surface area (Å²) in [7, 11) is 0. The number of H-pyrrole nitrogens is 1. The SMILES string of the molecule is C=c1cc2cc3cc[nH]c3cc2cc1=C. The van der Waals surface area contributed by atoms with Crippen LogP contribution in [0.4, 0.5) is 0 Å². The average Bonchev–Trinajstić information content (AvgIpc) is 2.63. The first kappa shape index (κ1) is 8.30. The van der Waals surface area contributed by atoms with Crippen molar-refractivity contribution in [2.45, 2.75) is 0 Å². The predicted octanol–water partition coefficient (Wildman–Crippen LogP) is 2.14. The van der Waals surface area contributed by atoms with E-state index in [2.05, 4.69) is 48.5 Å². The summed E-state index contributed by atoms with van der Waals surface area (Å²) in [5.74, 6) is 0. The molecule has 0 bridgehead atoms. The Labute approximate surface area is 87.4 Å². The number of rotatable bonds is 0. The summed E-state index contributed by atoms with van der Waals surface area (Å²) in [6.45, 7) is 7.93. The fourth-order valence-electron chi connectivity index (χ4n) is 1.95. The lowest BCUT2D eigenvalue weighted by Crippen LogP contribution is -2.20. The van der Waals surface area contributed by atoms with Gasteiger partial charge in [-0.25, -0.2) is 0 Å². The first-order valence-corrected chi connectivity index (χ1v) is 4.93. The van der Waals surface area contributed by atoms with E-state index in [9.17, 15) is 0 Å². The topological polar surface area (TPSA) is 15.8 Å². The molecule has 0 spiro atoms. The van der Waals surface area contributed by atoms with Gasteiger partial charge in [-0.05, 0) is 56.9 Å². The van der Waals surface area contributed by atoms with Gasteiger partial charge >= 0.3 is 0 Å². The van der Waals surface area contributed by atoms with Crippen molar-refractivity contribution in [2.75, 3.05) is 0 Å². The molecule has 3 rings (SSSR count). The summed E-state index contributed by atoms with van der Waals surface area (Å²) in [6, 6.07) is 10.6. The van der Waals surface area contributed by atoms with Crippen molar-refractivity contribution in [2.24, 2.45) is 0 Å². The Morgan fingerprint density at radius 1 is 0.800 bits per heavy atom. The summed E-state index contributed by atoms with van der Waals surface area (Å²) >= 11 is 0. The van der Waals surface area contributed by atoms with Crippen LogP contribution in [0.2, 0.25) is 0 Å². The van der Waals surface area contributed by atoms with E-state index in [1.54, 1.807) is 0 Å². The molecule has 1 heteroatoms. The van der Waals surface area contributed by atoms with Gasteiger partial charge in [0.1, 0.15) is 0 Å². The van der Waals surface area contributed by atoms with Gasteiger partial charge in [0.15, 0.2) is 0 Å². The quantitative estimate of drug-likeness (QED) is 0.563. The van der Waals surface area contributed by atoms with Crippen LogP contribution in [0.5, 0.6) is 0 Å². The van der Waals surface area contributed by atoms with Gasteiger partial charge in [-0.2, -0.15) is 0 Å². The molecule has 72 valence electrons. The highest BCUT2D eigenvalue weighted by Crippen LogP contribution is 2.19.